The van der Waals surface area contributed by atoms with E-state index in [-0.39, 0.29) is 201 Å². The molecule has 6 aliphatic heterocycles. The van der Waals surface area contributed by atoms with E-state index in [4.69, 9.17) is 179 Å². The second kappa shape index (κ2) is 140. The van der Waals surface area contributed by atoms with Gasteiger partial charge in [-0.25, -0.2) is 0 Å². The largest absolute Gasteiger partial charge is 2.00 e. The molecule has 0 unspecified atom stereocenters. The van der Waals surface area contributed by atoms with Crippen LogP contribution in [0, 0.1) is 247 Å². The standard InChI is InChI=1S/2C18H36N2O6.8NO3.6H2O.8O.4U/c2*1-7-21-13-14-24-10-4-20-5-11-25-17-15-22-8-2-19(1)3-9-23-16-18-26-12-6-20;8*2-1(3)4;;;;;;;;;;;;;;;;;;/h2*1-18H2;;;;;;;;;6*1H2;;;;;;;;;;;;/q;;8*-1;;;;;;;8*-2;;;;. The molecule has 0 aromatic carbocycles. The molecule has 628 valence electrons. The minimum Gasteiger partial charge on any atom is -2.00 e. The van der Waals surface area contributed by atoms with Gasteiger partial charge in [0.15, 0.2) is 0 Å². The zero-order chi connectivity index (χ0) is 64.9. The maximum atomic E-state index is 8.25. The average molecular weight is 2440 g/mol. The van der Waals surface area contributed by atoms with Gasteiger partial charge in [-0.1, -0.05) is 0 Å². The van der Waals surface area contributed by atoms with E-state index in [1.54, 1.807) is 0 Å². The van der Waals surface area contributed by atoms with Crippen LogP contribution in [0.4, 0.5) is 0 Å². The first kappa shape index (κ1) is 169. The molecule has 62 nitrogen and oxygen atoms in total. The molecule has 0 amide bonds. The number of fused-ring (bicyclic) bond motifs is 42. The summed E-state index contributed by atoms with van der Waals surface area (Å²) in [4.78, 5) is 71.8. The summed E-state index contributed by atoms with van der Waals surface area (Å²) >= 11 is 0. The summed E-state index contributed by atoms with van der Waals surface area (Å²) in [5.74, 6) is 0. The minimum absolute atomic E-state index is 0. The monoisotopic (exact) mass is 2440 g/mol. The quantitative estimate of drug-likeness (QED) is 0.129. The van der Waals surface area contributed by atoms with Crippen molar-refractivity contribution < 1.29 is 318 Å². The van der Waals surface area contributed by atoms with Crippen molar-refractivity contribution in [3.05, 3.63) is 123 Å². The van der Waals surface area contributed by atoms with Crippen LogP contribution in [-0.2, 0) is 101 Å². The fourth-order valence-corrected chi connectivity index (χ4v) is 6.03. The Labute approximate surface area is 672 Å². The van der Waals surface area contributed by atoms with E-state index in [1.807, 2.05) is 0 Å². The molecule has 0 aromatic rings. The topological polar surface area (TPSA) is 1070 Å². The van der Waals surface area contributed by atoms with Gasteiger partial charge in [0.05, 0.1) is 199 Å². The average Bonchev–Trinajstić information content (AvgIpc) is 2.06. The molecule has 0 saturated carbocycles. The number of quaternary nitrogens is 4. The van der Waals surface area contributed by atoms with Crippen LogP contribution in [0.5, 0.6) is 0 Å². The van der Waals surface area contributed by atoms with Crippen LogP contribution in [0.25, 0.3) is 0 Å². The van der Waals surface area contributed by atoms with E-state index < -0.39 is 40.7 Å². The van der Waals surface area contributed by atoms with E-state index in [0.29, 0.717) is 79.3 Å². The van der Waals surface area contributed by atoms with E-state index in [2.05, 4.69) is 0 Å². The molecule has 66 heteroatoms. The molecule has 6 rings (SSSR count). The SMILES string of the molecule is C1COCC[NH+]2CCOCCOCC[NH+](CCO1)CCOCCOCC2.C1COCC[NH+]2CCOCCOCC[NH+](CCO1)CCOCCOCC2.O.O.O=[N+]([O-])[O-].O=[N+]([O-])[O-].O=[N+]([O-])[O-].O=[N+]([O-])[O-].O=[N+]([O-])[O-].O=[N+]([O-])[O-].O=[N+]([O-])[O-].O=[N+]([O-])[O-].[O-2].[O-2].[O-2].[O-2].[O-2].[O-2].[O-2].[O-2].[OH-].[OH-].[OH-].[OH-].[U].[U].[U].[U]. The van der Waals surface area contributed by atoms with Gasteiger partial charge >= 0.3 is 0 Å². The van der Waals surface area contributed by atoms with Gasteiger partial charge < -0.3 is 276 Å². The van der Waals surface area contributed by atoms with E-state index in [9.17, 15) is 0 Å². The molecule has 0 spiro atoms. The number of rotatable bonds is 0. The minimum atomic E-state index is -1.75. The molecule has 0 aromatic heterocycles. The van der Waals surface area contributed by atoms with Crippen molar-refractivity contribution in [1.82, 2.24) is 0 Å². The third kappa shape index (κ3) is 225. The Morgan fingerprint density at radius 3 is 0.265 bits per heavy atom. The smallest absolute Gasteiger partial charge is 0.101 e. The first-order valence-corrected chi connectivity index (χ1v) is 24.6. The molecule has 0 radical (unpaired) electrons. The van der Waals surface area contributed by atoms with Crippen molar-refractivity contribution in [3.8, 4) is 0 Å². The normalized spacial score (nSPS) is 17.4. The molecule has 4 bridgehead atoms. The van der Waals surface area contributed by atoms with Gasteiger partial charge in [-0.2, -0.15) is 0 Å². The fraction of sp³-hybridized carbons (Fsp3) is 1.00. The molecule has 0 atom stereocenters. The molecule has 6 saturated heterocycles. The van der Waals surface area contributed by atoms with Crippen LogP contribution in [0.3, 0.4) is 0 Å². The Hall–Kier alpha value is -3.39. The first-order chi connectivity index (χ1) is 39.8. The predicted molar refractivity (Wildman–Crippen MR) is 295 cm³/mol. The van der Waals surface area contributed by atoms with Crippen molar-refractivity contribution in [1.29, 1.82) is 0 Å². The summed E-state index contributed by atoms with van der Waals surface area (Å²) < 4.78 is 68.7. The zero-order valence-electron chi connectivity index (χ0n) is 53.8. The second-order valence-electron chi connectivity index (χ2n) is 15.1. The van der Waals surface area contributed by atoms with Gasteiger partial charge in [0.2, 0.25) is 0 Å². The molecule has 6 heterocycles. The Kier molecular flexibility index (Phi) is 232. The first-order valence-electron chi connectivity index (χ1n) is 24.6. The Balaban J connectivity index is -0.0000000339. The Morgan fingerprint density at radius 1 is 0.167 bits per heavy atom. The number of hydrogen-bond acceptors (Lipinski definition) is 40. The summed E-state index contributed by atoms with van der Waals surface area (Å²) in [5.41, 5.74) is 0. The van der Waals surface area contributed by atoms with Gasteiger partial charge in [0.25, 0.3) is 0 Å². The van der Waals surface area contributed by atoms with Crippen molar-refractivity contribution in [2.75, 3.05) is 237 Å². The van der Waals surface area contributed by atoms with Crippen LogP contribution in [-0.4, -0.2) is 311 Å². The number of hydrogen-bond donors (Lipinski definition) is 4. The number of nitrogens with zero attached hydrogens (tertiary/aromatic N) is 8. The van der Waals surface area contributed by atoms with E-state index >= 15 is 0 Å². The van der Waals surface area contributed by atoms with Crippen molar-refractivity contribution in [2.45, 2.75) is 0 Å². The maximum absolute atomic E-state index is 8.25. The van der Waals surface area contributed by atoms with Gasteiger partial charge in [-0.15, -0.1) is 0 Å². The summed E-state index contributed by atoms with van der Waals surface area (Å²) in [5, 5.41) is 118. The number of ether oxygens (including phenoxy) is 12. The second-order valence-corrected chi connectivity index (χ2v) is 15.1. The maximum Gasteiger partial charge on any atom is 0.101 e. The van der Waals surface area contributed by atoms with Crippen LogP contribution < -0.4 is 19.6 Å². The van der Waals surface area contributed by atoms with Gasteiger partial charge in [-0.3, -0.25) is 0 Å². The Morgan fingerprint density at radius 2 is 0.216 bits per heavy atom. The summed E-state index contributed by atoms with van der Waals surface area (Å²) in [6.45, 7) is 28.2. The van der Waals surface area contributed by atoms with E-state index in [0.717, 1.165) is 158 Å². The van der Waals surface area contributed by atoms with E-state index in [1.165, 1.54) is 19.6 Å². The fourth-order valence-electron chi connectivity index (χ4n) is 6.03. The van der Waals surface area contributed by atoms with Gasteiger partial charge in [-0.05, 0) is 0 Å². The molecule has 6 aliphatic rings. The molecule has 6 fully saturated rings. The predicted octanol–water partition coefficient (Wildman–Crippen LogP) is -11.5. The van der Waals surface area contributed by atoms with Gasteiger partial charge in [0.1, 0.15) is 78.5 Å². The summed E-state index contributed by atoms with van der Waals surface area (Å²) in [6, 6.07) is 0. The number of nitrogens with one attached hydrogen (secondary N) is 4. The molecular weight excluding hydrogens is 2350 g/mol. The van der Waals surface area contributed by atoms with Crippen LogP contribution in [0.15, 0.2) is 0 Å². The van der Waals surface area contributed by atoms with Crippen LogP contribution in [0.1, 0.15) is 0 Å². The van der Waals surface area contributed by atoms with Gasteiger partial charge in [0, 0.05) is 124 Å². The summed E-state index contributed by atoms with van der Waals surface area (Å²) in [6.07, 6.45) is 0. The van der Waals surface area contributed by atoms with Crippen molar-refractivity contribution in [3.63, 3.8) is 0 Å². The zero-order valence-corrected chi connectivity index (χ0v) is 70.4. The Bertz CT molecular complexity index is 1200. The van der Waals surface area contributed by atoms with Crippen molar-refractivity contribution in [2.24, 2.45) is 0 Å². The van der Waals surface area contributed by atoms with Crippen LogP contribution >= 0.6 is 0 Å². The molecule has 102 heavy (non-hydrogen) atoms. The van der Waals surface area contributed by atoms with Crippen LogP contribution in [0.2, 0.25) is 0 Å². The third-order valence-electron chi connectivity index (χ3n) is 9.43. The molecule has 12 N–H and O–H groups in total. The van der Waals surface area contributed by atoms with Crippen molar-refractivity contribution >= 4 is 0 Å². The third-order valence-corrected chi connectivity index (χ3v) is 9.43. The molecule has 0 aliphatic carbocycles. The molecular formula is C36H84N12O50U4-24. The summed E-state index contributed by atoms with van der Waals surface area (Å²) in [7, 11) is 0.